The average Bonchev–Trinajstić information content (AvgIpc) is 2.83. The van der Waals surface area contributed by atoms with Gasteiger partial charge in [-0.3, -0.25) is 0 Å². The Morgan fingerprint density at radius 3 is 2.75 bits per heavy atom. The van der Waals surface area contributed by atoms with Gasteiger partial charge in [-0.1, -0.05) is 42.1 Å². The van der Waals surface area contributed by atoms with Crippen molar-refractivity contribution in [3.63, 3.8) is 0 Å². The van der Waals surface area contributed by atoms with Crippen LogP contribution in [0.1, 0.15) is 17.2 Å². The molecule has 3 nitrogen and oxygen atoms in total. The minimum Gasteiger partial charge on any atom is -0.440 e. The molecular formula is C12H14N2OS. The molecule has 1 aromatic carbocycles. The Bertz CT molecular complexity index is 402. The van der Waals surface area contributed by atoms with Gasteiger partial charge in [0.05, 0.1) is 6.20 Å². The van der Waals surface area contributed by atoms with Gasteiger partial charge < -0.3 is 10.2 Å². The number of hydrogen-bond acceptors (Lipinski definition) is 4. The van der Waals surface area contributed by atoms with Crippen LogP contribution in [0.3, 0.4) is 0 Å². The first kappa shape index (κ1) is 11.2. The van der Waals surface area contributed by atoms with Crippen molar-refractivity contribution in [2.75, 3.05) is 6.54 Å². The van der Waals surface area contributed by atoms with Crippen LogP contribution in [-0.4, -0.2) is 11.5 Å². The van der Waals surface area contributed by atoms with E-state index in [-0.39, 0.29) is 0 Å². The highest BCUT2D eigenvalue weighted by Gasteiger charge is 2.14. The summed E-state index contributed by atoms with van der Waals surface area (Å²) in [5.41, 5.74) is 6.89. The summed E-state index contributed by atoms with van der Waals surface area (Å²) in [6, 6.07) is 10.3. The lowest BCUT2D eigenvalue weighted by atomic mass is 10.1. The van der Waals surface area contributed by atoms with Gasteiger partial charge in [-0.15, -0.1) is 0 Å². The first-order chi connectivity index (χ1) is 7.90. The van der Waals surface area contributed by atoms with Crippen LogP contribution in [0.15, 0.2) is 52.4 Å². The van der Waals surface area contributed by atoms with Gasteiger partial charge in [-0.25, -0.2) is 4.98 Å². The SMILES string of the molecule is NCCC(Sc1ncco1)c1ccccc1. The highest BCUT2D eigenvalue weighted by Crippen LogP contribution is 2.36. The van der Waals surface area contributed by atoms with Crippen molar-refractivity contribution in [1.29, 1.82) is 0 Å². The van der Waals surface area contributed by atoms with Crippen molar-refractivity contribution in [2.45, 2.75) is 16.9 Å². The number of nitrogens with zero attached hydrogens (tertiary/aromatic N) is 1. The highest BCUT2D eigenvalue weighted by molar-refractivity contribution is 7.99. The maximum Gasteiger partial charge on any atom is 0.256 e. The van der Waals surface area contributed by atoms with Crippen molar-refractivity contribution < 1.29 is 4.42 Å². The molecule has 1 unspecified atom stereocenters. The number of benzene rings is 1. The van der Waals surface area contributed by atoms with Crippen molar-refractivity contribution in [3.05, 3.63) is 48.4 Å². The number of aromatic nitrogens is 1. The molecule has 84 valence electrons. The molecule has 4 heteroatoms. The largest absolute Gasteiger partial charge is 0.440 e. The van der Waals surface area contributed by atoms with Crippen LogP contribution in [0.4, 0.5) is 0 Å². The van der Waals surface area contributed by atoms with E-state index in [0.29, 0.717) is 17.0 Å². The molecule has 0 aliphatic rings. The average molecular weight is 234 g/mol. The molecular weight excluding hydrogens is 220 g/mol. The first-order valence-electron chi connectivity index (χ1n) is 5.21. The van der Waals surface area contributed by atoms with E-state index in [0.717, 1.165) is 6.42 Å². The number of oxazole rings is 1. The van der Waals surface area contributed by atoms with Gasteiger partial charge in [0.1, 0.15) is 6.26 Å². The molecule has 0 aliphatic heterocycles. The molecule has 0 spiro atoms. The van der Waals surface area contributed by atoms with Crippen LogP contribution in [0.5, 0.6) is 0 Å². The number of thioether (sulfide) groups is 1. The van der Waals surface area contributed by atoms with Crippen molar-refractivity contribution >= 4 is 11.8 Å². The van der Waals surface area contributed by atoms with Crippen molar-refractivity contribution in [1.82, 2.24) is 4.98 Å². The van der Waals surface area contributed by atoms with Gasteiger partial charge in [-0.2, -0.15) is 0 Å². The van der Waals surface area contributed by atoms with Crippen LogP contribution < -0.4 is 5.73 Å². The summed E-state index contributed by atoms with van der Waals surface area (Å²) in [7, 11) is 0. The molecule has 16 heavy (non-hydrogen) atoms. The predicted octanol–water partition coefficient (Wildman–Crippen LogP) is 2.86. The summed E-state index contributed by atoms with van der Waals surface area (Å²) in [6.45, 7) is 0.660. The fraction of sp³-hybridized carbons (Fsp3) is 0.250. The van der Waals surface area contributed by atoms with Crippen LogP contribution in [-0.2, 0) is 0 Å². The van der Waals surface area contributed by atoms with E-state index in [4.69, 9.17) is 10.2 Å². The monoisotopic (exact) mass is 234 g/mol. The molecule has 0 amide bonds. The molecule has 1 heterocycles. The Morgan fingerprint density at radius 2 is 2.12 bits per heavy atom. The Balaban J connectivity index is 2.11. The number of nitrogens with two attached hydrogens (primary N) is 1. The van der Waals surface area contributed by atoms with Gasteiger partial charge in [-0.05, 0) is 18.5 Å². The normalized spacial score (nSPS) is 12.6. The lowest BCUT2D eigenvalue weighted by Gasteiger charge is -2.13. The summed E-state index contributed by atoms with van der Waals surface area (Å²) >= 11 is 1.62. The predicted molar refractivity (Wildman–Crippen MR) is 65.2 cm³/mol. The first-order valence-corrected chi connectivity index (χ1v) is 6.09. The zero-order valence-corrected chi connectivity index (χ0v) is 9.69. The van der Waals surface area contributed by atoms with Gasteiger partial charge >= 0.3 is 0 Å². The molecule has 1 aromatic heterocycles. The van der Waals surface area contributed by atoms with Crippen LogP contribution in [0.2, 0.25) is 0 Å². The second-order valence-corrected chi connectivity index (χ2v) is 4.55. The molecule has 0 aliphatic carbocycles. The van der Waals surface area contributed by atoms with E-state index >= 15 is 0 Å². The van der Waals surface area contributed by atoms with E-state index in [9.17, 15) is 0 Å². The van der Waals surface area contributed by atoms with Crippen molar-refractivity contribution in [3.8, 4) is 0 Å². The molecule has 0 saturated carbocycles. The lowest BCUT2D eigenvalue weighted by molar-refractivity contribution is 0.452. The minimum atomic E-state index is 0.310. The van der Waals surface area contributed by atoms with Gasteiger partial charge in [0.2, 0.25) is 0 Å². The third-order valence-electron chi connectivity index (χ3n) is 2.25. The van der Waals surface area contributed by atoms with E-state index in [1.54, 1.807) is 24.2 Å². The van der Waals surface area contributed by atoms with Gasteiger partial charge in [0.15, 0.2) is 0 Å². The Hall–Kier alpha value is -1.26. The zero-order chi connectivity index (χ0) is 11.2. The summed E-state index contributed by atoms with van der Waals surface area (Å²) in [5, 5.41) is 1.01. The fourth-order valence-corrected chi connectivity index (χ4v) is 2.53. The Labute approximate surface area is 99.1 Å². The summed E-state index contributed by atoms with van der Waals surface area (Å²) in [5.74, 6) is 0. The van der Waals surface area contributed by atoms with E-state index < -0.39 is 0 Å². The van der Waals surface area contributed by atoms with Crippen LogP contribution in [0, 0.1) is 0 Å². The number of rotatable bonds is 5. The molecule has 2 N–H and O–H groups in total. The smallest absolute Gasteiger partial charge is 0.256 e. The van der Waals surface area contributed by atoms with Crippen LogP contribution >= 0.6 is 11.8 Å². The second kappa shape index (κ2) is 5.72. The molecule has 0 saturated heterocycles. The summed E-state index contributed by atoms with van der Waals surface area (Å²) < 4.78 is 5.24. The van der Waals surface area contributed by atoms with E-state index in [2.05, 4.69) is 17.1 Å². The fourth-order valence-electron chi connectivity index (χ4n) is 1.50. The third-order valence-corrected chi connectivity index (χ3v) is 3.45. The van der Waals surface area contributed by atoms with Gasteiger partial charge in [0, 0.05) is 5.25 Å². The van der Waals surface area contributed by atoms with Crippen LogP contribution in [0.25, 0.3) is 0 Å². The van der Waals surface area contributed by atoms with E-state index in [1.807, 2.05) is 18.2 Å². The Morgan fingerprint density at radius 1 is 1.31 bits per heavy atom. The molecule has 2 aromatic rings. The zero-order valence-electron chi connectivity index (χ0n) is 8.87. The number of hydrogen-bond donors (Lipinski definition) is 1. The van der Waals surface area contributed by atoms with E-state index in [1.165, 1.54) is 5.56 Å². The minimum absolute atomic E-state index is 0.310. The summed E-state index contributed by atoms with van der Waals surface area (Å²) in [6.07, 6.45) is 4.16. The summed E-state index contributed by atoms with van der Waals surface area (Å²) in [4.78, 5) is 4.12. The molecule has 0 radical (unpaired) electrons. The molecule has 1 atom stereocenters. The molecule has 2 rings (SSSR count). The standard InChI is InChI=1S/C12H14N2OS/c13-7-6-11(10-4-2-1-3-5-10)16-12-14-8-9-15-12/h1-5,8-9,11H,6-7,13H2. The topological polar surface area (TPSA) is 52.0 Å². The van der Waals surface area contributed by atoms with Crippen molar-refractivity contribution in [2.24, 2.45) is 5.73 Å². The molecule has 0 fully saturated rings. The maximum absolute atomic E-state index is 5.63. The maximum atomic E-state index is 5.63. The lowest BCUT2D eigenvalue weighted by Crippen LogP contribution is -2.04. The quantitative estimate of drug-likeness (QED) is 0.808. The highest BCUT2D eigenvalue weighted by atomic mass is 32.2. The third kappa shape index (κ3) is 2.87. The second-order valence-electron chi connectivity index (χ2n) is 3.39. The molecule has 0 bridgehead atoms. The Kier molecular flexibility index (Phi) is 4.02. The van der Waals surface area contributed by atoms with Gasteiger partial charge in [0.25, 0.3) is 5.22 Å².